The average Bonchev–Trinajstić information content (AvgIpc) is 3.31. The van der Waals surface area contributed by atoms with Gasteiger partial charge in [-0.1, -0.05) is 13.0 Å². The molecule has 0 aliphatic carbocycles. The highest BCUT2D eigenvalue weighted by molar-refractivity contribution is 7.80. The number of hydrogen-bond acceptors (Lipinski definition) is 3. The zero-order valence-corrected chi connectivity index (χ0v) is 21.2. The fourth-order valence-electron chi connectivity index (χ4n) is 5.11. The number of thiocarbonyl (C=S) groups is 1. The van der Waals surface area contributed by atoms with Crippen LogP contribution in [-0.2, 0) is 0 Å². The van der Waals surface area contributed by atoms with Crippen LogP contribution in [0.2, 0.25) is 0 Å². The highest BCUT2D eigenvalue weighted by atomic mass is 32.1. The molecule has 0 amide bonds. The average molecular weight is 462 g/mol. The van der Waals surface area contributed by atoms with Crippen LogP contribution in [-0.4, -0.2) is 39.2 Å². The van der Waals surface area contributed by atoms with E-state index in [0.717, 1.165) is 36.9 Å². The van der Waals surface area contributed by atoms with Crippen molar-refractivity contribution in [3.8, 4) is 5.69 Å². The number of nitrogens with zero attached hydrogens (tertiary/aromatic N) is 4. The van der Waals surface area contributed by atoms with Crippen LogP contribution < -0.4 is 10.2 Å². The highest BCUT2D eigenvalue weighted by Crippen LogP contribution is 2.41. The molecule has 2 aromatic heterocycles. The van der Waals surface area contributed by atoms with E-state index in [4.69, 9.17) is 12.2 Å². The minimum atomic E-state index is 0.0317. The molecule has 5 nitrogen and oxygen atoms in total. The lowest BCUT2D eigenvalue weighted by atomic mass is 9.96. The first-order valence-electron chi connectivity index (χ1n) is 12.0. The number of anilines is 1. The van der Waals surface area contributed by atoms with E-state index in [1.54, 1.807) is 0 Å². The second-order valence-electron chi connectivity index (χ2n) is 8.67. The molecule has 3 heterocycles. The first-order chi connectivity index (χ1) is 16.0. The third kappa shape index (κ3) is 4.36. The van der Waals surface area contributed by atoms with E-state index in [9.17, 15) is 0 Å². The van der Waals surface area contributed by atoms with Gasteiger partial charge in [0.15, 0.2) is 5.11 Å². The molecule has 1 aromatic carbocycles. The van der Waals surface area contributed by atoms with Crippen LogP contribution in [0.3, 0.4) is 0 Å². The van der Waals surface area contributed by atoms with E-state index in [-0.39, 0.29) is 12.1 Å². The molecule has 0 saturated carbocycles. The molecule has 174 valence electrons. The maximum Gasteiger partial charge on any atom is 0.170 e. The summed E-state index contributed by atoms with van der Waals surface area (Å²) in [4.78, 5) is 9.37. The Hall–Kier alpha value is -2.86. The van der Waals surface area contributed by atoms with Gasteiger partial charge in [-0.2, -0.15) is 0 Å². The van der Waals surface area contributed by atoms with Gasteiger partial charge >= 0.3 is 0 Å². The molecule has 3 aromatic rings. The first kappa shape index (κ1) is 23.3. The first-order valence-corrected chi connectivity index (χ1v) is 12.4. The van der Waals surface area contributed by atoms with Crippen LogP contribution in [0, 0.1) is 13.8 Å². The van der Waals surface area contributed by atoms with Crippen LogP contribution >= 0.6 is 12.2 Å². The standard InChI is InChI=1S/C27H35N5S/c1-6-17-31-26(25(29-27(31)33)24-11-9-10-16-28-24)23-18-19(4)32(20(23)5)22-14-12-21(13-15-22)30(7-2)8-3/h9-16,18,25-26H,6-8,17H2,1-5H3,(H,29,33)/t25-,26+/m0/s1. The van der Waals surface area contributed by atoms with E-state index in [1.165, 1.54) is 28.3 Å². The van der Waals surface area contributed by atoms with Crippen LogP contribution in [0.5, 0.6) is 0 Å². The molecule has 1 aliphatic rings. The quantitative estimate of drug-likeness (QED) is 0.434. The minimum Gasteiger partial charge on any atom is -0.372 e. The fourth-order valence-corrected chi connectivity index (χ4v) is 5.44. The Balaban J connectivity index is 1.75. The van der Waals surface area contributed by atoms with Gasteiger partial charge in [-0.15, -0.1) is 0 Å². The summed E-state index contributed by atoms with van der Waals surface area (Å²) < 4.78 is 2.36. The molecule has 1 fully saturated rings. The molecular formula is C27H35N5S. The van der Waals surface area contributed by atoms with E-state index < -0.39 is 0 Å². The SMILES string of the molecule is CCCN1C(=S)N[C@@H](c2ccccn2)[C@H]1c1cc(C)n(-c2ccc(N(CC)CC)cc2)c1C. The predicted molar refractivity (Wildman–Crippen MR) is 141 cm³/mol. The lowest BCUT2D eigenvalue weighted by Gasteiger charge is -2.28. The van der Waals surface area contributed by atoms with Crippen LogP contribution in [0.15, 0.2) is 54.7 Å². The van der Waals surface area contributed by atoms with Gasteiger partial charge in [-0.3, -0.25) is 4.98 Å². The zero-order valence-electron chi connectivity index (χ0n) is 20.4. The predicted octanol–water partition coefficient (Wildman–Crippen LogP) is 5.72. The summed E-state index contributed by atoms with van der Waals surface area (Å²) in [5.41, 5.74) is 7.26. The summed E-state index contributed by atoms with van der Waals surface area (Å²) in [6.45, 7) is 14.0. The van der Waals surface area contributed by atoms with E-state index in [1.807, 2.05) is 18.3 Å². The monoisotopic (exact) mass is 461 g/mol. The van der Waals surface area contributed by atoms with Crippen molar-refractivity contribution < 1.29 is 0 Å². The molecule has 1 saturated heterocycles. The molecule has 33 heavy (non-hydrogen) atoms. The molecule has 0 unspecified atom stereocenters. The largest absolute Gasteiger partial charge is 0.372 e. The number of aromatic nitrogens is 2. The normalized spacial score (nSPS) is 18.0. The maximum absolute atomic E-state index is 5.77. The van der Waals surface area contributed by atoms with Crippen molar-refractivity contribution in [2.24, 2.45) is 0 Å². The van der Waals surface area contributed by atoms with Crippen LogP contribution in [0.25, 0.3) is 5.69 Å². The Morgan fingerprint density at radius 3 is 2.36 bits per heavy atom. The van der Waals surface area contributed by atoms with Gasteiger partial charge in [-0.25, -0.2) is 0 Å². The van der Waals surface area contributed by atoms with Gasteiger partial charge in [0.25, 0.3) is 0 Å². The number of aryl methyl sites for hydroxylation is 1. The molecule has 4 rings (SSSR count). The Kier molecular flexibility index (Phi) is 7.03. The molecule has 0 radical (unpaired) electrons. The van der Waals surface area contributed by atoms with Crippen molar-refractivity contribution in [1.82, 2.24) is 19.8 Å². The van der Waals surface area contributed by atoms with Crippen LogP contribution in [0.4, 0.5) is 5.69 Å². The maximum atomic E-state index is 5.77. The molecule has 0 spiro atoms. The van der Waals surface area contributed by atoms with Gasteiger partial charge in [-0.05, 0) is 94.4 Å². The smallest absolute Gasteiger partial charge is 0.170 e. The molecule has 6 heteroatoms. The van der Waals surface area contributed by atoms with Gasteiger partial charge in [0.2, 0.25) is 0 Å². The fraction of sp³-hybridized carbons (Fsp3) is 0.407. The van der Waals surface area contributed by atoms with E-state index in [0.29, 0.717) is 0 Å². The third-order valence-electron chi connectivity index (χ3n) is 6.69. The Morgan fingerprint density at radius 2 is 1.76 bits per heavy atom. The van der Waals surface area contributed by atoms with Crippen molar-refractivity contribution in [2.45, 2.75) is 53.1 Å². The van der Waals surface area contributed by atoms with Crippen molar-refractivity contribution in [3.05, 3.63) is 77.4 Å². The summed E-state index contributed by atoms with van der Waals surface area (Å²) in [6, 6.07) is 17.5. The molecule has 2 atom stereocenters. The van der Waals surface area contributed by atoms with Crippen molar-refractivity contribution in [1.29, 1.82) is 0 Å². The highest BCUT2D eigenvalue weighted by Gasteiger charge is 2.40. The van der Waals surface area contributed by atoms with E-state index in [2.05, 4.69) is 95.7 Å². The van der Waals surface area contributed by atoms with Crippen molar-refractivity contribution in [3.63, 3.8) is 0 Å². The number of nitrogens with one attached hydrogen (secondary N) is 1. The molecule has 1 aliphatic heterocycles. The lowest BCUT2D eigenvalue weighted by molar-refractivity contribution is 0.316. The topological polar surface area (TPSA) is 36.3 Å². The van der Waals surface area contributed by atoms with Gasteiger partial charge < -0.3 is 19.7 Å². The second kappa shape index (κ2) is 9.96. The minimum absolute atomic E-state index is 0.0317. The lowest BCUT2D eigenvalue weighted by Crippen LogP contribution is -2.30. The summed E-state index contributed by atoms with van der Waals surface area (Å²) in [5, 5.41) is 4.37. The summed E-state index contributed by atoms with van der Waals surface area (Å²) in [7, 11) is 0. The van der Waals surface area contributed by atoms with Gasteiger partial charge in [0.1, 0.15) is 0 Å². The van der Waals surface area contributed by atoms with Crippen molar-refractivity contribution >= 4 is 23.0 Å². The third-order valence-corrected chi connectivity index (χ3v) is 7.04. The van der Waals surface area contributed by atoms with Crippen molar-refractivity contribution in [2.75, 3.05) is 24.5 Å². The Labute approximate surface area is 203 Å². The molecular weight excluding hydrogens is 426 g/mol. The van der Waals surface area contributed by atoms with Gasteiger partial charge in [0, 0.05) is 48.6 Å². The number of pyridine rings is 1. The number of benzene rings is 1. The molecule has 0 bridgehead atoms. The summed E-state index contributed by atoms with van der Waals surface area (Å²) in [5.74, 6) is 0. The second-order valence-corrected chi connectivity index (χ2v) is 9.06. The Bertz CT molecular complexity index is 1090. The summed E-state index contributed by atoms with van der Waals surface area (Å²) >= 11 is 5.77. The van der Waals surface area contributed by atoms with Gasteiger partial charge in [0.05, 0.1) is 17.8 Å². The summed E-state index contributed by atoms with van der Waals surface area (Å²) in [6.07, 6.45) is 2.90. The molecule has 1 N–H and O–H groups in total. The number of rotatable bonds is 8. The zero-order chi connectivity index (χ0) is 23.5. The Morgan fingerprint density at radius 1 is 1.03 bits per heavy atom. The van der Waals surface area contributed by atoms with Crippen LogP contribution in [0.1, 0.15) is 61.9 Å². The number of hydrogen-bond donors (Lipinski definition) is 1. The van der Waals surface area contributed by atoms with E-state index >= 15 is 0 Å².